The number of ether oxygens (including phenoxy) is 1. The molecule has 7 nitrogen and oxygen atoms in total. The lowest BCUT2D eigenvalue weighted by atomic mass is 10.1. The van der Waals surface area contributed by atoms with Gasteiger partial charge in [0, 0.05) is 31.8 Å². The monoisotopic (exact) mass is 647 g/mol. The van der Waals surface area contributed by atoms with Crippen LogP contribution in [0.4, 0.5) is 11.4 Å². The Hall–Kier alpha value is -4.24. The fraction of sp³-hybridized carbons (Fsp3) is 0.147. The summed E-state index contributed by atoms with van der Waals surface area (Å²) in [6.45, 7) is 4.30. The van der Waals surface area contributed by atoms with E-state index in [-0.39, 0.29) is 11.6 Å². The highest BCUT2D eigenvalue weighted by molar-refractivity contribution is 8.00. The molecule has 0 aliphatic rings. The third kappa shape index (κ3) is 8.89. The molecule has 44 heavy (non-hydrogen) atoms. The predicted octanol–water partition coefficient (Wildman–Crippen LogP) is 8.31. The van der Waals surface area contributed by atoms with Crippen molar-refractivity contribution in [2.24, 2.45) is 0 Å². The van der Waals surface area contributed by atoms with Gasteiger partial charge in [0.2, 0.25) is 5.91 Å². The second kappa shape index (κ2) is 16.0. The Bertz CT molecular complexity index is 1640. The van der Waals surface area contributed by atoms with Crippen LogP contribution in [0, 0.1) is 0 Å². The molecule has 0 aromatic heterocycles. The molecule has 0 aliphatic heterocycles. The van der Waals surface area contributed by atoms with E-state index >= 15 is 0 Å². The number of carbonyl (C=O) groups excluding carboxylic acids is 3. The molecular weight excluding hydrogens is 617 g/mol. The van der Waals surface area contributed by atoms with Crippen LogP contribution in [0.2, 0.25) is 10.0 Å². The molecule has 0 aliphatic carbocycles. The van der Waals surface area contributed by atoms with Crippen LogP contribution in [0.25, 0.3) is 6.08 Å². The van der Waals surface area contributed by atoms with E-state index in [0.29, 0.717) is 51.3 Å². The summed E-state index contributed by atoms with van der Waals surface area (Å²) in [5.74, 6) is -0.606. The number of nitrogens with one attached hydrogen (secondary N) is 3. The van der Waals surface area contributed by atoms with E-state index in [1.807, 2.05) is 38.1 Å². The summed E-state index contributed by atoms with van der Waals surface area (Å²) in [5, 5.41) is 8.74. The Morgan fingerprint density at radius 2 is 1.52 bits per heavy atom. The molecule has 3 amide bonds. The minimum atomic E-state index is -0.579. The van der Waals surface area contributed by atoms with Gasteiger partial charge in [0.1, 0.15) is 11.4 Å². The molecule has 3 N–H and O–H groups in total. The van der Waals surface area contributed by atoms with Gasteiger partial charge in [-0.25, -0.2) is 0 Å². The number of benzene rings is 4. The lowest BCUT2D eigenvalue weighted by Crippen LogP contribution is -2.30. The SMILES string of the molecule is CCOc1ccccc1NC(=O)C(CC)Sc1cccc(NC(=O)/C(=C\c2c(Cl)cccc2Cl)NC(=O)c2ccccc2)c1. The van der Waals surface area contributed by atoms with Crippen molar-refractivity contribution in [3.05, 3.63) is 124 Å². The molecule has 4 aromatic carbocycles. The molecule has 0 spiro atoms. The number of hydrogen-bond donors (Lipinski definition) is 3. The van der Waals surface area contributed by atoms with Gasteiger partial charge < -0.3 is 20.7 Å². The van der Waals surface area contributed by atoms with Gasteiger partial charge in [-0.1, -0.05) is 72.6 Å². The molecular formula is C34H31Cl2N3O4S. The van der Waals surface area contributed by atoms with Crippen LogP contribution in [0.3, 0.4) is 0 Å². The number of rotatable bonds is 12. The van der Waals surface area contributed by atoms with Crippen molar-refractivity contribution in [3.8, 4) is 5.75 Å². The van der Waals surface area contributed by atoms with Crippen LogP contribution in [-0.2, 0) is 9.59 Å². The van der Waals surface area contributed by atoms with Crippen molar-refractivity contribution in [1.29, 1.82) is 0 Å². The molecule has 0 fully saturated rings. The molecule has 4 rings (SSSR count). The van der Waals surface area contributed by atoms with Crippen molar-refractivity contribution in [1.82, 2.24) is 5.32 Å². The topological polar surface area (TPSA) is 96.5 Å². The lowest BCUT2D eigenvalue weighted by Gasteiger charge is -2.17. The maximum Gasteiger partial charge on any atom is 0.272 e. The first-order chi connectivity index (χ1) is 21.3. The molecule has 226 valence electrons. The largest absolute Gasteiger partial charge is 0.492 e. The van der Waals surface area contributed by atoms with Gasteiger partial charge in [-0.05, 0) is 74.0 Å². The number of carbonyl (C=O) groups is 3. The summed E-state index contributed by atoms with van der Waals surface area (Å²) >= 11 is 14.1. The van der Waals surface area contributed by atoms with Crippen LogP contribution >= 0.6 is 35.0 Å². The number of thioether (sulfide) groups is 1. The molecule has 4 aromatic rings. The Morgan fingerprint density at radius 3 is 2.23 bits per heavy atom. The van der Waals surface area contributed by atoms with E-state index < -0.39 is 17.1 Å². The fourth-order valence-corrected chi connectivity index (χ4v) is 5.65. The molecule has 0 saturated heterocycles. The third-order valence-electron chi connectivity index (χ3n) is 6.30. The zero-order valence-corrected chi connectivity index (χ0v) is 26.4. The first kappa shape index (κ1) is 32.7. The van der Waals surface area contributed by atoms with E-state index in [9.17, 15) is 14.4 Å². The average molecular weight is 649 g/mol. The standard InChI is InChI=1S/C34H31Cl2N3O4S/c1-3-31(34(42)38-28-18-8-9-19-30(28)43-4-2)44-24-15-10-14-23(20-24)37-33(41)29(21-25-26(35)16-11-17-27(25)36)39-32(40)22-12-6-5-7-13-22/h5-21,31H,3-4H2,1-2H3,(H,37,41)(H,38,42)(H,39,40)/b29-21+. The second-order valence-electron chi connectivity index (χ2n) is 9.43. The third-order valence-corrected chi connectivity index (χ3v) is 8.31. The maximum atomic E-state index is 13.5. The summed E-state index contributed by atoms with van der Waals surface area (Å²) in [6.07, 6.45) is 2.01. The Balaban J connectivity index is 1.53. The average Bonchev–Trinajstić information content (AvgIpc) is 3.02. The highest BCUT2D eigenvalue weighted by Crippen LogP contribution is 2.31. The van der Waals surface area contributed by atoms with Gasteiger partial charge in [0.25, 0.3) is 11.8 Å². The number of para-hydroxylation sites is 2. The van der Waals surface area contributed by atoms with Crippen molar-refractivity contribution in [2.75, 3.05) is 17.2 Å². The van der Waals surface area contributed by atoms with Crippen LogP contribution in [0.15, 0.2) is 108 Å². The van der Waals surface area contributed by atoms with E-state index in [0.717, 1.165) is 4.90 Å². The van der Waals surface area contributed by atoms with Crippen molar-refractivity contribution in [2.45, 2.75) is 30.4 Å². The number of hydrogen-bond acceptors (Lipinski definition) is 5. The number of amides is 3. The van der Waals surface area contributed by atoms with Gasteiger partial charge in [0.15, 0.2) is 0 Å². The first-order valence-corrected chi connectivity index (χ1v) is 15.6. The van der Waals surface area contributed by atoms with Gasteiger partial charge in [-0.15, -0.1) is 11.8 Å². The molecule has 0 saturated carbocycles. The summed E-state index contributed by atoms with van der Waals surface area (Å²) in [4.78, 5) is 40.5. The molecule has 0 heterocycles. The smallest absolute Gasteiger partial charge is 0.272 e. The van der Waals surface area contributed by atoms with Gasteiger partial charge in [-0.3, -0.25) is 14.4 Å². The minimum Gasteiger partial charge on any atom is -0.492 e. The Kier molecular flexibility index (Phi) is 11.9. The summed E-state index contributed by atoms with van der Waals surface area (Å²) in [7, 11) is 0. The maximum absolute atomic E-state index is 13.5. The zero-order chi connectivity index (χ0) is 31.5. The predicted molar refractivity (Wildman–Crippen MR) is 180 cm³/mol. The molecule has 1 unspecified atom stereocenters. The molecule has 10 heteroatoms. The van der Waals surface area contributed by atoms with Crippen LogP contribution in [0.1, 0.15) is 36.2 Å². The van der Waals surface area contributed by atoms with Crippen molar-refractivity contribution < 1.29 is 19.1 Å². The summed E-state index contributed by atoms with van der Waals surface area (Å²) in [5.41, 5.74) is 1.80. The normalized spacial score (nSPS) is 11.8. The zero-order valence-electron chi connectivity index (χ0n) is 24.1. The van der Waals surface area contributed by atoms with Crippen molar-refractivity contribution in [3.63, 3.8) is 0 Å². The summed E-state index contributed by atoms with van der Waals surface area (Å²) < 4.78 is 5.63. The van der Waals surface area contributed by atoms with E-state index in [1.54, 1.807) is 72.8 Å². The minimum absolute atomic E-state index is 0.0503. The van der Waals surface area contributed by atoms with Gasteiger partial charge in [0.05, 0.1) is 17.5 Å². The number of anilines is 2. The quantitative estimate of drug-likeness (QED) is 0.106. The Labute approximate surface area is 271 Å². The highest BCUT2D eigenvalue weighted by atomic mass is 35.5. The molecule has 0 bridgehead atoms. The Morgan fingerprint density at radius 1 is 0.841 bits per heavy atom. The van der Waals surface area contributed by atoms with Crippen molar-refractivity contribution >= 4 is 70.1 Å². The van der Waals surface area contributed by atoms with Gasteiger partial charge in [-0.2, -0.15) is 0 Å². The lowest BCUT2D eigenvalue weighted by molar-refractivity contribution is -0.116. The molecule has 1 atom stereocenters. The van der Waals surface area contributed by atoms with E-state index in [4.69, 9.17) is 27.9 Å². The first-order valence-electron chi connectivity index (χ1n) is 13.9. The van der Waals surface area contributed by atoms with Crippen LogP contribution in [-0.4, -0.2) is 29.6 Å². The molecule has 0 radical (unpaired) electrons. The van der Waals surface area contributed by atoms with E-state index in [2.05, 4.69) is 16.0 Å². The van der Waals surface area contributed by atoms with E-state index in [1.165, 1.54) is 17.8 Å². The van der Waals surface area contributed by atoms with Gasteiger partial charge >= 0.3 is 0 Å². The fourth-order valence-electron chi connectivity index (χ4n) is 4.13. The highest BCUT2D eigenvalue weighted by Gasteiger charge is 2.21. The summed E-state index contributed by atoms with van der Waals surface area (Å²) in [6, 6.07) is 27.9. The second-order valence-corrected chi connectivity index (χ2v) is 11.5. The number of halogens is 2. The van der Waals surface area contributed by atoms with Crippen LogP contribution in [0.5, 0.6) is 5.75 Å². The van der Waals surface area contributed by atoms with Crippen LogP contribution < -0.4 is 20.7 Å².